The molecule has 0 N–H and O–H groups in total. The van der Waals surface area contributed by atoms with E-state index in [-0.39, 0.29) is 40.5 Å². The second-order valence-electron chi connectivity index (χ2n) is 11.1. The van der Waals surface area contributed by atoms with E-state index < -0.39 is 58.1 Å². The molecule has 0 heterocycles. The number of hydrogen-bond donors (Lipinski definition) is 0. The van der Waals surface area contributed by atoms with E-state index in [0.717, 1.165) is 49.4 Å². The lowest BCUT2D eigenvalue weighted by atomic mass is 9.96. The Hall–Kier alpha value is -4.99. The molecule has 0 saturated heterocycles. The summed E-state index contributed by atoms with van der Waals surface area (Å²) in [5.41, 5.74) is 1.48. The molecule has 1 nitrogen and oxygen atoms in total. The van der Waals surface area contributed by atoms with Crippen LogP contribution in [0.4, 0.5) is 39.5 Å². The summed E-state index contributed by atoms with van der Waals surface area (Å²) in [6.45, 7) is 2.14. The first-order valence-electron chi connectivity index (χ1n) is 14.9. The largest absolute Gasteiger partial charge is 0.429 e. The lowest BCUT2D eigenvalue weighted by Crippen LogP contribution is -2.21. The molecule has 10 heteroatoms. The van der Waals surface area contributed by atoms with E-state index in [0.29, 0.717) is 11.6 Å². The summed E-state index contributed by atoms with van der Waals surface area (Å²) >= 11 is 0. The van der Waals surface area contributed by atoms with Crippen LogP contribution in [0.2, 0.25) is 0 Å². The predicted octanol–water partition coefficient (Wildman–Crippen LogP) is 12.1. The van der Waals surface area contributed by atoms with Crippen molar-refractivity contribution in [3.8, 4) is 39.1 Å². The van der Waals surface area contributed by atoms with Gasteiger partial charge in [-0.2, -0.15) is 8.78 Å². The summed E-state index contributed by atoms with van der Waals surface area (Å²) in [5.74, 6) is -10.7. The summed E-state index contributed by atoms with van der Waals surface area (Å²) in [4.78, 5) is 0. The Morgan fingerprint density at radius 2 is 1.08 bits per heavy atom. The van der Waals surface area contributed by atoms with Gasteiger partial charge in [-0.3, -0.25) is 0 Å². The average molecular weight is 671 g/mol. The number of benzene rings is 5. The maximum atomic E-state index is 15.2. The molecule has 248 valence electrons. The van der Waals surface area contributed by atoms with E-state index in [1.165, 1.54) is 29.8 Å². The van der Waals surface area contributed by atoms with Gasteiger partial charge in [-0.05, 0) is 71.0 Å². The smallest absolute Gasteiger partial charge is 0.419 e. The molecular formula is C38H27F9O. The molecule has 5 aromatic carbocycles. The van der Waals surface area contributed by atoms with Gasteiger partial charge < -0.3 is 4.74 Å². The van der Waals surface area contributed by atoms with Crippen molar-refractivity contribution in [2.24, 2.45) is 0 Å². The second-order valence-corrected chi connectivity index (χ2v) is 11.1. The third-order valence-electron chi connectivity index (χ3n) is 7.65. The standard InChI is InChI=1S/C38H27F9O/c1-2-3-4-5-22-6-8-23(9-7-22)24-10-12-28(31(39)16-24)25-11-13-29(32(40)17-25)26-18-33(41)30(34(42)19-26)14-15-38(46,47)48-27-20-35(43)37(45)36(44)21-27/h6-21H,2-5H2,1H3. The van der Waals surface area contributed by atoms with Crippen molar-refractivity contribution in [3.05, 3.63) is 143 Å². The fraction of sp³-hybridized carbons (Fsp3) is 0.158. The van der Waals surface area contributed by atoms with Gasteiger partial charge >= 0.3 is 6.11 Å². The molecular weight excluding hydrogens is 643 g/mol. The van der Waals surface area contributed by atoms with Gasteiger partial charge in [0, 0.05) is 34.9 Å². The Morgan fingerprint density at radius 1 is 0.562 bits per heavy atom. The lowest BCUT2D eigenvalue weighted by molar-refractivity contribution is -0.131. The highest BCUT2D eigenvalue weighted by Crippen LogP contribution is 2.34. The summed E-state index contributed by atoms with van der Waals surface area (Å²) in [5, 5.41) is 0. The van der Waals surface area contributed by atoms with E-state index in [1.54, 1.807) is 6.07 Å². The van der Waals surface area contributed by atoms with Crippen molar-refractivity contribution >= 4 is 6.08 Å². The first-order chi connectivity index (χ1) is 22.8. The zero-order chi connectivity index (χ0) is 34.6. The van der Waals surface area contributed by atoms with Crippen LogP contribution < -0.4 is 4.74 Å². The van der Waals surface area contributed by atoms with Crippen molar-refractivity contribution in [3.63, 3.8) is 0 Å². The molecule has 0 radical (unpaired) electrons. The van der Waals surface area contributed by atoms with Crippen molar-refractivity contribution < 1.29 is 44.3 Å². The van der Waals surface area contributed by atoms with Gasteiger partial charge in [0.1, 0.15) is 29.0 Å². The highest BCUT2D eigenvalue weighted by Gasteiger charge is 2.29. The van der Waals surface area contributed by atoms with E-state index in [9.17, 15) is 30.7 Å². The van der Waals surface area contributed by atoms with Crippen LogP contribution in [0.1, 0.15) is 37.3 Å². The normalized spacial score (nSPS) is 11.8. The Bertz CT molecular complexity index is 1920. The fourth-order valence-corrected chi connectivity index (χ4v) is 5.15. The van der Waals surface area contributed by atoms with E-state index >= 15 is 8.78 Å². The molecule has 0 aliphatic heterocycles. The number of rotatable bonds is 11. The Labute approximate surface area is 270 Å². The van der Waals surface area contributed by atoms with E-state index in [4.69, 9.17) is 0 Å². The van der Waals surface area contributed by atoms with Gasteiger partial charge in [0.25, 0.3) is 0 Å². The second kappa shape index (κ2) is 14.4. The minimum absolute atomic E-state index is 0.0772. The Balaban J connectivity index is 1.32. The zero-order valence-electron chi connectivity index (χ0n) is 25.4. The quantitative estimate of drug-likeness (QED) is 0.0772. The van der Waals surface area contributed by atoms with Gasteiger partial charge in [0.2, 0.25) is 0 Å². The lowest BCUT2D eigenvalue weighted by Gasteiger charge is -2.15. The molecule has 0 amide bonds. The van der Waals surface area contributed by atoms with Crippen molar-refractivity contribution in [2.75, 3.05) is 0 Å². The van der Waals surface area contributed by atoms with Gasteiger partial charge in [0.15, 0.2) is 17.5 Å². The van der Waals surface area contributed by atoms with Crippen LogP contribution in [0.3, 0.4) is 0 Å². The highest BCUT2D eigenvalue weighted by atomic mass is 19.3. The maximum absolute atomic E-state index is 15.2. The van der Waals surface area contributed by atoms with Crippen molar-refractivity contribution in [1.29, 1.82) is 0 Å². The molecule has 0 unspecified atom stereocenters. The summed E-state index contributed by atoms with van der Waals surface area (Å²) < 4.78 is 132. The number of ether oxygens (including phenoxy) is 1. The van der Waals surface area contributed by atoms with Crippen LogP contribution in [0.25, 0.3) is 39.5 Å². The number of alkyl halides is 2. The van der Waals surface area contributed by atoms with Crippen LogP contribution in [-0.2, 0) is 6.42 Å². The molecule has 0 aromatic heterocycles. The molecule has 0 saturated carbocycles. The number of halogens is 9. The third-order valence-corrected chi connectivity index (χ3v) is 7.65. The van der Waals surface area contributed by atoms with Gasteiger partial charge in [0.05, 0.1) is 0 Å². The first kappa shape index (κ1) is 34.3. The van der Waals surface area contributed by atoms with Crippen LogP contribution in [-0.4, -0.2) is 6.11 Å². The molecule has 0 aliphatic rings. The average Bonchev–Trinajstić information content (AvgIpc) is 3.03. The highest BCUT2D eigenvalue weighted by molar-refractivity contribution is 5.75. The summed E-state index contributed by atoms with van der Waals surface area (Å²) in [7, 11) is 0. The number of hydrogen-bond acceptors (Lipinski definition) is 1. The van der Waals surface area contributed by atoms with E-state index in [1.807, 2.05) is 24.3 Å². The Kier molecular flexibility index (Phi) is 10.3. The Morgan fingerprint density at radius 3 is 1.67 bits per heavy atom. The van der Waals surface area contributed by atoms with Crippen LogP contribution >= 0.6 is 0 Å². The molecule has 0 aliphatic carbocycles. The van der Waals surface area contributed by atoms with Crippen molar-refractivity contribution in [1.82, 2.24) is 0 Å². The molecule has 0 atom stereocenters. The van der Waals surface area contributed by atoms with Crippen LogP contribution in [0.15, 0.2) is 91.0 Å². The predicted molar refractivity (Wildman–Crippen MR) is 167 cm³/mol. The summed E-state index contributed by atoms with van der Waals surface area (Å²) in [6.07, 6.45) is 0.266. The SMILES string of the molecule is CCCCCc1ccc(-c2ccc(-c3ccc(-c4cc(F)c(C=CC(F)(F)Oc5cc(F)c(F)c(F)c5)c(F)c4)c(F)c3)c(F)c2)cc1. The molecule has 0 fully saturated rings. The molecule has 48 heavy (non-hydrogen) atoms. The minimum atomic E-state index is -4.32. The van der Waals surface area contributed by atoms with Gasteiger partial charge in [-0.15, -0.1) is 0 Å². The third kappa shape index (κ3) is 7.93. The van der Waals surface area contributed by atoms with E-state index in [2.05, 4.69) is 11.7 Å². The topological polar surface area (TPSA) is 9.23 Å². The molecule has 5 rings (SSSR count). The van der Waals surface area contributed by atoms with Crippen LogP contribution in [0, 0.1) is 40.7 Å². The van der Waals surface area contributed by atoms with Crippen LogP contribution in [0.5, 0.6) is 5.75 Å². The minimum Gasteiger partial charge on any atom is -0.429 e. The maximum Gasteiger partial charge on any atom is 0.419 e. The molecule has 0 bridgehead atoms. The monoisotopic (exact) mass is 670 g/mol. The number of aryl methyl sites for hydroxylation is 1. The zero-order valence-corrected chi connectivity index (χ0v) is 25.4. The number of unbranched alkanes of at least 4 members (excludes halogenated alkanes) is 2. The molecule has 0 spiro atoms. The summed E-state index contributed by atoms with van der Waals surface area (Å²) in [6, 6.07) is 17.8. The van der Waals surface area contributed by atoms with Crippen molar-refractivity contribution in [2.45, 2.75) is 38.7 Å². The molecule has 5 aromatic rings. The fourth-order valence-electron chi connectivity index (χ4n) is 5.15. The first-order valence-corrected chi connectivity index (χ1v) is 14.9. The van der Waals surface area contributed by atoms with Gasteiger partial charge in [-0.25, -0.2) is 30.7 Å². The van der Waals surface area contributed by atoms with Gasteiger partial charge in [-0.1, -0.05) is 68.3 Å².